The summed E-state index contributed by atoms with van der Waals surface area (Å²) in [6.45, 7) is 0. The van der Waals surface area contributed by atoms with Crippen molar-refractivity contribution in [1.82, 2.24) is 9.97 Å². The van der Waals surface area contributed by atoms with Crippen LogP contribution in [0.3, 0.4) is 0 Å². The zero-order valence-corrected chi connectivity index (χ0v) is 6.97. The Balaban J connectivity index is 2.63. The van der Waals surface area contributed by atoms with Gasteiger partial charge in [0.1, 0.15) is 0 Å². The van der Waals surface area contributed by atoms with Gasteiger partial charge in [0.2, 0.25) is 0 Å². The Morgan fingerprint density at radius 1 is 1.50 bits per heavy atom. The van der Waals surface area contributed by atoms with Gasteiger partial charge >= 0.3 is 0 Å². The van der Waals surface area contributed by atoms with Crippen molar-refractivity contribution < 1.29 is 0 Å². The van der Waals surface area contributed by atoms with Gasteiger partial charge in [-0.05, 0) is 12.1 Å². The molecule has 4 heteroatoms. The lowest BCUT2D eigenvalue weighted by molar-refractivity contribution is 1.23. The van der Waals surface area contributed by atoms with E-state index in [1.807, 2.05) is 5.38 Å². The van der Waals surface area contributed by atoms with Crippen LogP contribution in [0.5, 0.6) is 0 Å². The van der Waals surface area contributed by atoms with Crippen molar-refractivity contribution >= 4 is 11.3 Å². The van der Waals surface area contributed by atoms with E-state index < -0.39 is 0 Å². The Morgan fingerprint density at radius 2 is 2.42 bits per heavy atom. The number of hydrogen-bond donors (Lipinski definition) is 1. The van der Waals surface area contributed by atoms with Crippen molar-refractivity contribution in [3.05, 3.63) is 39.6 Å². The summed E-state index contributed by atoms with van der Waals surface area (Å²) in [7, 11) is 0. The number of aromatic amines is 1. The minimum atomic E-state index is -0.0941. The summed E-state index contributed by atoms with van der Waals surface area (Å²) in [4.78, 5) is 17.9. The molecule has 0 amide bonds. The fourth-order valence-electron chi connectivity index (χ4n) is 0.969. The van der Waals surface area contributed by atoms with Gasteiger partial charge in [0.05, 0.1) is 16.8 Å². The van der Waals surface area contributed by atoms with Gasteiger partial charge in [-0.2, -0.15) is 0 Å². The van der Waals surface area contributed by atoms with Gasteiger partial charge < -0.3 is 4.98 Å². The molecule has 3 nitrogen and oxygen atoms in total. The lowest BCUT2D eigenvalue weighted by atomic mass is 10.2. The molecule has 2 heterocycles. The van der Waals surface area contributed by atoms with Gasteiger partial charge in [0.25, 0.3) is 5.56 Å². The maximum absolute atomic E-state index is 11.2. The van der Waals surface area contributed by atoms with Crippen molar-refractivity contribution in [3.8, 4) is 11.3 Å². The predicted octanol–water partition coefficient (Wildman–Crippen LogP) is 1.50. The summed E-state index contributed by atoms with van der Waals surface area (Å²) in [5.74, 6) is 0. The number of rotatable bonds is 1. The Kier molecular flexibility index (Phi) is 1.75. The average Bonchev–Trinajstić information content (AvgIpc) is 2.57. The molecule has 0 radical (unpaired) electrons. The second-order valence-corrected chi connectivity index (χ2v) is 3.01. The molecule has 1 N–H and O–H groups in total. The van der Waals surface area contributed by atoms with Crippen LogP contribution in [0.15, 0.2) is 34.0 Å². The number of hydrogen-bond acceptors (Lipinski definition) is 3. The Hall–Kier alpha value is -1.42. The molecule has 0 aliphatic rings. The maximum Gasteiger partial charge on any atom is 0.257 e. The monoisotopic (exact) mass is 178 g/mol. The van der Waals surface area contributed by atoms with Crippen LogP contribution < -0.4 is 5.56 Å². The first-order valence-corrected chi connectivity index (χ1v) is 4.38. The fourth-order valence-corrected chi connectivity index (χ4v) is 1.52. The van der Waals surface area contributed by atoms with Crippen LogP contribution in [0.1, 0.15) is 0 Å². The largest absolute Gasteiger partial charge is 0.329 e. The van der Waals surface area contributed by atoms with E-state index in [4.69, 9.17) is 0 Å². The molecule has 2 aromatic heterocycles. The minimum Gasteiger partial charge on any atom is -0.329 e. The molecule has 60 valence electrons. The number of thiazole rings is 1. The van der Waals surface area contributed by atoms with Crippen molar-refractivity contribution in [2.24, 2.45) is 0 Å². The average molecular weight is 178 g/mol. The van der Waals surface area contributed by atoms with Crippen LogP contribution in [-0.2, 0) is 0 Å². The van der Waals surface area contributed by atoms with Crippen LogP contribution in [-0.4, -0.2) is 9.97 Å². The Labute approximate surface area is 72.7 Å². The summed E-state index contributed by atoms with van der Waals surface area (Å²) >= 11 is 1.48. The molecule has 0 atom stereocenters. The number of H-pyrrole nitrogens is 1. The molecule has 0 unspecified atom stereocenters. The number of pyridine rings is 1. The number of nitrogens with zero attached hydrogens (tertiary/aromatic N) is 1. The fraction of sp³-hybridized carbons (Fsp3) is 0. The van der Waals surface area contributed by atoms with Gasteiger partial charge in [-0.1, -0.05) is 0 Å². The van der Waals surface area contributed by atoms with Crippen molar-refractivity contribution in [2.75, 3.05) is 0 Å². The quantitative estimate of drug-likeness (QED) is 0.719. The topological polar surface area (TPSA) is 45.8 Å². The van der Waals surface area contributed by atoms with E-state index in [1.54, 1.807) is 23.8 Å². The molecule has 0 fully saturated rings. The second kappa shape index (κ2) is 2.91. The molecule has 0 aliphatic carbocycles. The van der Waals surface area contributed by atoms with E-state index in [0.717, 1.165) is 5.69 Å². The summed E-state index contributed by atoms with van der Waals surface area (Å²) in [5.41, 5.74) is 2.98. The molecule has 0 saturated carbocycles. The summed E-state index contributed by atoms with van der Waals surface area (Å²) in [6, 6.07) is 3.55. The highest BCUT2D eigenvalue weighted by molar-refractivity contribution is 7.07. The van der Waals surface area contributed by atoms with Crippen molar-refractivity contribution in [2.45, 2.75) is 0 Å². The Morgan fingerprint density at radius 3 is 3.08 bits per heavy atom. The Bertz CT molecular complexity index is 419. The SMILES string of the molecule is O=c1[nH]cccc1-c1cscn1. The standard InChI is InChI=1S/C8H6N2OS/c11-8-6(2-1-3-9-8)7-4-12-5-10-7/h1-5H,(H,9,11). The van der Waals surface area contributed by atoms with E-state index in [0.29, 0.717) is 5.56 Å². The zero-order valence-electron chi connectivity index (χ0n) is 6.15. The smallest absolute Gasteiger partial charge is 0.257 e. The molecule has 0 saturated heterocycles. The third-order valence-electron chi connectivity index (χ3n) is 1.53. The van der Waals surface area contributed by atoms with E-state index in [1.165, 1.54) is 11.3 Å². The first-order chi connectivity index (χ1) is 5.88. The normalized spacial score (nSPS) is 10.0. The molecular formula is C8H6N2OS. The van der Waals surface area contributed by atoms with Crippen LogP contribution in [0.4, 0.5) is 0 Å². The van der Waals surface area contributed by atoms with E-state index in [2.05, 4.69) is 9.97 Å². The third kappa shape index (κ3) is 1.16. The highest BCUT2D eigenvalue weighted by atomic mass is 32.1. The molecule has 0 spiro atoms. The van der Waals surface area contributed by atoms with Crippen molar-refractivity contribution in [3.63, 3.8) is 0 Å². The minimum absolute atomic E-state index is 0.0941. The van der Waals surface area contributed by atoms with Gasteiger partial charge in [-0.15, -0.1) is 11.3 Å². The summed E-state index contributed by atoms with van der Waals surface area (Å²) in [5, 5.41) is 1.85. The molecule has 2 aromatic rings. The van der Waals surface area contributed by atoms with Gasteiger partial charge in [-0.3, -0.25) is 4.79 Å². The van der Waals surface area contributed by atoms with Crippen LogP contribution >= 0.6 is 11.3 Å². The number of nitrogens with one attached hydrogen (secondary N) is 1. The van der Waals surface area contributed by atoms with Crippen LogP contribution in [0.2, 0.25) is 0 Å². The van der Waals surface area contributed by atoms with Crippen LogP contribution in [0.25, 0.3) is 11.3 Å². The first kappa shape index (κ1) is 7.24. The van der Waals surface area contributed by atoms with E-state index in [-0.39, 0.29) is 5.56 Å². The highest BCUT2D eigenvalue weighted by Gasteiger charge is 2.02. The maximum atomic E-state index is 11.2. The first-order valence-electron chi connectivity index (χ1n) is 3.44. The van der Waals surface area contributed by atoms with E-state index in [9.17, 15) is 4.79 Å². The van der Waals surface area contributed by atoms with Gasteiger partial charge in [-0.25, -0.2) is 4.98 Å². The lowest BCUT2D eigenvalue weighted by Gasteiger charge is -1.91. The predicted molar refractivity (Wildman–Crippen MR) is 48.2 cm³/mol. The van der Waals surface area contributed by atoms with Crippen molar-refractivity contribution in [1.29, 1.82) is 0 Å². The molecule has 0 bridgehead atoms. The lowest BCUT2D eigenvalue weighted by Crippen LogP contribution is -2.06. The number of aromatic nitrogens is 2. The second-order valence-electron chi connectivity index (χ2n) is 2.29. The third-order valence-corrected chi connectivity index (χ3v) is 2.11. The van der Waals surface area contributed by atoms with E-state index >= 15 is 0 Å². The zero-order chi connectivity index (χ0) is 8.39. The molecule has 0 aromatic carbocycles. The van der Waals surface area contributed by atoms with Crippen LogP contribution in [0, 0.1) is 0 Å². The summed E-state index contributed by atoms with van der Waals surface area (Å²) in [6.07, 6.45) is 1.61. The molecular weight excluding hydrogens is 172 g/mol. The summed E-state index contributed by atoms with van der Waals surface area (Å²) < 4.78 is 0. The van der Waals surface area contributed by atoms with Gasteiger partial charge in [0.15, 0.2) is 0 Å². The molecule has 2 rings (SSSR count). The van der Waals surface area contributed by atoms with Gasteiger partial charge in [0, 0.05) is 11.6 Å². The highest BCUT2D eigenvalue weighted by Crippen LogP contribution is 2.13. The molecule has 12 heavy (non-hydrogen) atoms. The molecule has 0 aliphatic heterocycles.